The van der Waals surface area contributed by atoms with Crippen LogP contribution >= 0.6 is 11.6 Å². The number of halogens is 1. The van der Waals surface area contributed by atoms with Crippen molar-refractivity contribution in [2.75, 3.05) is 19.7 Å². The number of amides is 2. The number of benzene rings is 2. The van der Waals surface area contributed by atoms with E-state index in [4.69, 9.17) is 40.7 Å². The molecular formula is C28H31ClN4O8. The third-order valence-electron chi connectivity index (χ3n) is 6.61. The maximum atomic E-state index is 12.9. The van der Waals surface area contributed by atoms with Crippen molar-refractivity contribution >= 4 is 23.8 Å². The van der Waals surface area contributed by atoms with Gasteiger partial charge in [0.1, 0.15) is 18.3 Å². The van der Waals surface area contributed by atoms with Gasteiger partial charge in [-0.1, -0.05) is 41.9 Å². The molecule has 0 saturated carbocycles. The molecule has 3 aromatic rings. The molecule has 2 aliphatic heterocycles. The molecule has 0 bridgehead atoms. The number of carbonyl (C=O) groups is 2. The highest BCUT2D eigenvalue weighted by Crippen LogP contribution is 2.50. The maximum Gasteiger partial charge on any atom is 0.437 e. The zero-order valence-corrected chi connectivity index (χ0v) is 23.7. The molecule has 1 unspecified atom stereocenters. The first-order chi connectivity index (χ1) is 19.5. The van der Waals surface area contributed by atoms with E-state index in [9.17, 15) is 14.4 Å². The van der Waals surface area contributed by atoms with E-state index in [1.54, 1.807) is 4.90 Å². The highest BCUT2D eigenvalue weighted by Gasteiger charge is 2.34. The van der Waals surface area contributed by atoms with E-state index in [2.05, 4.69) is 5.10 Å². The van der Waals surface area contributed by atoms with Crippen LogP contribution in [0.3, 0.4) is 0 Å². The molecule has 12 nitrogen and oxygen atoms in total. The number of hydrogen-bond acceptors (Lipinski definition) is 9. The molecule has 2 N–H and O–H groups in total. The first-order valence-corrected chi connectivity index (χ1v) is 13.6. The highest BCUT2D eigenvalue weighted by molar-refractivity contribution is 6.33. The summed E-state index contributed by atoms with van der Waals surface area (Å²) in [4.78, 5) is 38.5. The van der Waals surface area contributed by atoms with Gasteiger partial charge in [0.2, 0.25) is 5.75 Å². The average molecular weight is 587 g/mol. The van der Waals surface area contributed by atoms with Crippen LogP contribution in [-0.2, 0) is 11.2 Å². The monoisotopic (exact) mass is 586 g/mol. The van der Waals surface area contributed by atoms with Gasteiger partial charge in [-0.3, -0.25) is 0 Å². The van der Waals surface area contributed by atoms with Gasteiger partial charge >= 0.3 is 17.9 Å². The van der Waals surface area contributed by atoms with Gasteiger partial charge in [0, 0.05) is 19.5 Å². The topological polar surface area (TPSA) is 148 Å². The lowest BCUT2D eigenvalue weighted by atomic mass is 10.1. The highest BCUT2D eigenvalue weighted by atomic mass is 35.5. The molecule has 0 spiro atoms. The summed E-state index contributed by atoms with van der Waals surface area (Å²) in [6, 6.07) is 10.8. The molecule has 1 fully saturated rings. The lowest BCUT2D eigenvalue weighted by molar-refractivity contribution is 0.0183. The third kappa shape index (κ3) is 6.43. The molecule has 2 aliphatic rings. The molecule has 218 valence electrons. The Morgan fingerprint density at radius 1 is 1.15 bits per heavy atom. The standard InChI is InChI=1S/C28H31ClN4O8/c1-28(2,3)41-26(35)32-11-9-17(10-12-32)33-27(36)40-24(31-33)19-14-20(29)22(39-25(30)34)23-21(19)38-18(15-37-23)13-16-7-5-4-6-8-16/h4-8,14,17-18H,9-13,15H2,1-3H3,(H2,30,34). The minimum atomic E-state index is -1.08. The second-order valence-corrected chi connectivity index (χ2v) is 11.3. The fourth-order valence-corrected chi connectivity index (χ4v) is 5.03. The Balaban J connectivity index is 1.42. The van der Waals surface area contributed by atoms with Crippen molar-refractivity contribution in [1.29, 1.82) is 0 Å². The van der Waals surface area contributed by atoms with Crippen molar-refractivity contribution in [1.82, 2.24) is 14.7 Å². The van der Waals surface area contributed by atoms with Crippen LogP contribution in [0.1, 0.15) is 45.2 Å². The summed E-state index contributed by atoms with van der Waals surface area (Å²) < 4.78 is 29.6. The van der Waals surface area contributed by atoms with Gasteiger partial charge in [0.05, 0.1) is 16.6 Å². The van der Waals surface area contributed by atoms with Crippen molar-refractivity contribution in [2.45, 2.75) is 57.8 Å². The number of primary amides is 1. The number of fused-ring (bicyclic) bond motifs is 1. The van der Waals surface area contributed by atoms with Gasteiger partial charge in [0.15, 0.2) is 11.5 Å². The number of ether oxygens (including phenoxy) is 4. The van der Waals surface area contributed by atoms with Crippen LogP contribution in [0.4, 0.5) is 9.59 Å². The lowest BCUT2D eigenvalue weighted by Crippen LogP contribution is -2.43. The summed E-state index contributed by atoms with van der Waals surface area (Å²) >= 11 is 6.44. The molecule has 1 atom stereocenters. The van der Waals surface area contributed by atoms with Gasteiger partial charge in [0.25, 0.3) is 5.89 Å². The number of nitrogens with two attached hydrogens (primary N) is 1. The number of likely N-dealkylation sites (tertiary alicyclic amines) is 1. The number of piperidine rings is 1. The molecular weight excluding hydrogens is 556 g/mol. The quantitative estimate of drug-likeness (QED) is 0.454. The van der Waals surface area contributed by atoms with E-state index < -0.39 is 29.6 Å². The zero-order chi connectivity index (χ0) is 29.3. The molecule has 41 heavy (non-hydrogen) atoms. The summed E-state index contributed by atoms with van der Waals surface area (Å²) in [5.74, 6) is -0.607. The zero-order valence-electron chi connectivity index (χ0n) is 22.9. The Bertz CT molecular complexity index is 1490. The SMILES string of the molecule is CC(C)(C)OC(=O)N1CCC(n2nc(-c3cc(Cl)c(OC(N)=O)c4c3OC(Cc3ccccc3)CO4)oc2=O)CC1. The second kappa shape index (κ2) is 11.4. The van der Waals surface area contributed by atoms with Gasteiger partial charge < -0.3 is 34.0 Å². The second-order valence-electron chi connectivity index (χ2n) is 10.9. The van der Waals surface area contributed by atoms with Gasteiger partial charge in [-0.25, -0.2) is 14.4 Å². The minimum Gasteiger partial charge on any atom is -0.482 e. The summed E-state index contributed by atoms with van der Waals surface area (Å²) in [6.07, 6.45) is -0.390. The Labute approximate surface area is 240 Å². The van der Waals surface area contributed by atoms with Gasteiger partial charge in [-0.2, -0.15) is 4.68 Å². The van der Waals surface area contributed by atoms with Gasteiger partial charge in [-0.15, -0.1) is 5.10 Å². The van der Waals surface area contributed by atoms with Crippen molar-refractivity contribution < 1.29 is 33.0 Å². The average Bonchev–Trinajstić information content (AvgIpc) is 3.31. The molecule has 1 saturated heterocycles. The lowest BCUT2D eigenvalue weighted by Gasteiger charge is -2.32. The molecule has 0 aliphatic carbocycles. The largest absolute Gasteiger partial charge is 0.482 e. The Morgan fingerprint density at radius 2 is 1.85 bits per heavy atom. The predicted molar refractivity (Wildman–Crippen MR) is 148 cm³/mol. The Kier molecular flexibility index (Phi) is 7.85. The number of rotatable bonds is 5. The predicted octanol–water partition coefficient (Wildman–Crippen LogP) is 4.57. The third-order valence-corrected chi connectivity index (χ3v) is 6.89. The van der Waals surface area contributed by atoms with E-state index in [0.717, 1.165) is 5.56 Å². The number of carbonyl (C=O) groups excluding carboxylic acids is 2. The van der Waals surface area contributed by atoms with Crippen LogP contribution in [-0.4, -0.2) is 58.3 Å². The first kappa shape index (κ1) is 28.3. The van der Waals surface area contributed by atoms with Crippen LogP contribution in [0.15, 0.2) is 45.6 Å². The molecule has 2 aromatic carbocycles. The summed E-state index contributed by atoms with van der Waals surface area (Å²) in [6.45, 7) is 6.36. The van der Waals surface area contributed by atoms with Crippen LogP contribution in [0.25, 0.3) is 11.5 Å². The molecule has 0 radical (unpaired) electrons. The normalized spacial score (nSPS) is 17.3. The van der Waals surface area contributed by atoms with Crippen molar-refractivity contribution in [3.63, 3.8) is 0 Å². The minimum absolute atomic E-state index is 0.00877. The van der Waals surface area contributed by atoms with E-state index in [1.807, 2.05) is 51.1 Å². The summed E-state index contributed by atoms with van der Waals surface area (Å²) in [5.41, 5.74) is 5.93. The van der Waals surface area contributed by atoms with Crippen LogP contribution in [0, 0.1) is 0 Å². The van der Waals surface area contributed by atoms with Crippen molar-refractivity contribution in [3.05, 3.63) is 57.5 Å². The molecule has 3 heterocycles. The van der Waals surface area contributed by atoms with Crippen LogP contribution in [0.2, 0.25) is 5.02 Å². The fourth-order valence-electron chi connectivity index (χ4n) is 4.80. The van der Waals surface area contributed by atoms with E-state index in [0.29, 0.717) is 32.4 Å². The van der Waals surface area contributed by atoms with Crippen LogP contribution in [0.5, 0.6) is 17.2 Å². The first-order valence-electron chi connectivity index (χ1n) is 13.2. The van der Waals surface area contributed by atoms with Crippen molar-refractivity contribution in [3.8, 4) is 28.7 Å². The summed E-state index contributed by atoms with van der Waals surface area (Å²) in [5, 5.41) is 4.45. The fraction of sp³-hybridized carbons (Fsp3) is 0.429. The molecule has 1 aromatic heterocycles. The van der Waals surface area contributed by atoms with Gasteiger partial charge in [-0.05, 0) is 45.2 Å². The van der Waals surface area contributed by atoms with Crippen molar-refractivity contribution in [2.24, 2.45) is 5.73 Å². The van der Waals surface area contributed by atoms with Crippen LogP contribution < -0.4 is 25.7 Å². The smallest absolute Gasteiger partial charge is 0.437 e. The Hall–Kier alpha value is -4.19. The maximum absolute atomic E-state index is 12.9. The number of hydrogen-bond donors (Lipinski definition) is 1. The Morgan fingerprint density at radius 3 is 2.51 bits per heavy atom. The number of aromatic nitrogens is 2. The summed E-state index contributed by atoms with van der Waals surface area (Å²) in [7, 11) is 0. The molecule has 5 rings (SSSR count). The van der Waals surface area contributed by atoms with E-state index in [1.165, 1.54) is 10.7 Å². The van der Waals surface area contributed by atoms with E-state index in [-0.39, 0.29) is 46.4 Å². The molecule has 13 heteroatoms. The van der Waals surface area contributed by atoms with E-state index >= 15 is 0 Å². The number of nitrogens with zero attached hydrogens (tertiary/aromatic N) is 3. The molecule has 2 amide bonds.